The van der Waals surface area contributed by atoms with Crippen molar-refractivity contribution in [2.45, 2.75) is 13.0 Å². The highest BCUT2D eigenvalue weighted by Crippen LogP contribution is 2.11. The molecular formula is C15H21N3. The minimum Gasteiger partial charge on any atom is -0.388 e. The summed E-state index contributed by atoms with van der Waals surface area (Å²) in [5.41, 5.74) is 3.81. The Morgan fingerprint density at radius 1 is 1.22 bits per heavy atom. The summed E-state index contributed by atoms with van der Waals surface area (Å²) in [6.45, 7) is 2.04. The molecule has 96 valence electrons. The lowest BCUT2D eigenvalue weighted by molar-refractivity contribution is 0.330. The van der Waals surface area contributed by atoms with Crippen LogP contribution in [0.5, 0.6) is 0 Å². The summed E-state index contributed by atoms with van der Waals surface area (Å²) >= 11 is 0. The van der Waals surface area contributed by atoms with Crippen LogP contribution in [0.2, 0.25) is 0 Å². The van der Waals surface area contributed by atoms with Gasteiger partial charge in [0.2, 0.25) is 0 Å². The Morgan fingerprint density at radius 2 is 2.11 bits per heavy atom. The summed E-state index contributed by atoms with van der Waals surface area (Å²) in [5.74, 6) is 0. The number of aromatic amines is 1. The van der Waals surface area contributed by atoms with Gasteiger partial charge in [-0.2, -0.15) is 0 Å². The van der Waals surface area contributed by atoms with E-state index in [0.717, 1.165) is 19.5 Å². The van der Waals surface area contributed by atoms with Crippen molar-refractivity contribution in [3.05, 3.63) is 53.9 Å². The van der Waals surface area contributed by atoms with E-state index in [1.54, 1.807) is 0 Å². The van der Waals surface area contributed by atoms with Crippen LogP contribution in [-0.4, -0.2) is 30.5 Å². The van der Waals surface area contributed by atoms with Crippen LogP contribution in [-0.2, 0) is 13.0 Å². The van der Waals surface area contributed by atoms with Crippen molar-refractivity contribution in [2.24, 2.45) is 0 Å². The number of nitrogens with one attached hydrogen (secondary N) is 2. The summed E-state index contributed by atoms with van der Waals surface area (Å²) < 4.78 is 0. The van der Waals surface area contributed by atoms with Gasteiger partial charge < -0.3 is 15.2 Å². The predicted molar refractivity (Wildman–Crippen MR) is 76.8 cm³/mol. The quantitative estimate of drug-likeness (QED) is 0.817. The number of aromatic nitrogens is 1. The SMILES string of the molecule is CNc1cccc(CN(C)CCc2ccc[nH]2)c1. The monoisotopic (exact) mass is 243 g/mol. The van der Waals surface area contributed by atoms with E-state index < -0.39 is 0 Å². The second kappa shape index (κ2) is 6.26. The summed E-state index contributed by atoms with van der Waals surface area (Å²) in [4.78, 5) is 5.58. The third kappa shape index (κ3) is 3.64. The molecule has 3 nitrogen and oxygen atoms in total. The van der Waals surface area contributed by atoms with Gasteiger partial charge in [0.15, 0.2) is 0 Å². The summed E-state index contributed by atoms with van der Waals surface area (Å²) in [6.07, 6.45) is 3.04. The Labute approximate surface area is 109 Å². The molecule has 0 atom stereocenters. The lowest BCUT2D eigenvalue weighted by Crippen LogP contribution is -2.20. The van der Waals surface area contributed by atoms with Crippen LogP contribution in [0, 0.1) is 0 Å². The number of hydrogen-bond acceptors (Lipinski definition) is 2. The summed E-state index contributed by atoms with van der Waals surface area (Å²) in [6, 6.07) is 12.7. The van der Waals surface area contributed by atoms with Gasteiger partial charge in [-0.05, 0) is 36.9 Å². The fourth-order valence-electron chi connectivity index (χ4n) is 2.05. The second-order valence-electron chi connectivity index (χ2n) is 4.63. The molecule has 2 aromatic rings. The van der Waals surface area contributed by atoms with Crippen molar-refractivity contribution in [2.75, 3.05) is 26.0 Å². The highest BCUT2D eigenvalue weighted by Gasteiger charge is 2.02. The molecule has 1 aromatic heterocycles. The number of H-pyrrole nitrogens is 1. The Balaban J connectivity index is 1.84. The van der Waals surface area contributed by atoms with Crippen LogP contribution in [0.4, 0.5) is 5.69 Å². The Bertz CT molecular complexity index is 462. The average molecular weight is 243 g/mol. The number of hydrogen-bond donors (Lipinski definition) is 2. The first kappa shape index (κ1) is 12.7. The second-order valence-corrected chi connectivity index (χ2v) is 4.63. The van der Waals surface area contributed by atoms with Gasteiger partial charge in [0.25, 0.3) is 0 Å². The Morgan fingerprint density at radius 3 is 2.83 bits per heavy atom. The summed E-state index contributed by atoms with van der Waals surface area (Å²) in [5, 5.41) is 3.17. The van der Waals surface area contributed by atoms with E-state index in [0.29, 0.717) is 0 Å². The van der Waals surface area contributed by atoms with Crippen LogP contribution in [0.3, 0.4) is 0 Å². The standard InChI is InChI=1S/C15H21N3/c1-16-15-6-3-5-13(11-15)12-18(2)10-8-14-7-4-9-17-14/h3-7,9,11,16-17H,8,10,12H2,1-2H3. The molecule has 18 heavy (non-hydrogen) atoms. The molecule has 0 saturated heterocycles. The van der Waals surface area contributed by atoms with Crippen LogP contribution in [0.1, 0.15) is 11.3 Å². The number of benzene rings is 1. The van der Waals surface area contributed by atoms with Gasteiger partial charge in [0, 0.05) is 44.1 Å². The molecule has 0 spiro atoms. The maximum atomic E-state index is 3.24. The Hall–Kier alpha value is -1.74. The van der Waals surface area contributed by atoms with Crippen molar-refractivity contribution in [1.29, 1.82) is 0 Å². The van der Waals surface area contributed by atoms with Gasteiger partial charge in [0.1, 0.15) is 0 Å². The first-order valence-corrected chi connectivity index (χ1v) is 6.35. The first-order valence-electron chi connectivity index (χ1n) is 6.35. The van der Waals surface area contributed by atoms with Gasteiger partial charge in [-0.15, -0.1) is 0 Å². The van der Waals surface area contributed by atoms with Crippen molar-refractivity contribution in [3.8, 4) is 0 Å². The summed E-state index contributed by atoms with van der Waals surface area (Å²) in [7, 11) is 4.11. The fourth-order valence-corrected chi connectivity index (χ4v) is 2.05. The smallest absolute Gasteiger partial charge is 0.0340 e. The molecule has 0 fully saturated rings. The molecule has 0 unspecified atom stereocenters. The van der Waals surface area contributed by atoms with Crippen LogP contribution >= 0.6 is 0 Å². The minimum absolute atomic E-state index is 0.982. The van der Waals surface area contributed by atoms with Crippen molar-refractivity contribution in [3.63, 3.8) is 0 Å². The van der Waals surface area contributed by atoms with E-state index in [1.165, 1.54) is 16.9 Å². The lowest BCUT2D eigenvalue weighted by atomic mass is 10.2. The number of rotatable bonds is 6. The predicted octanol–water partition coefficient (Wildman–Crippen LogP) is 2.73. The molecule has 2 rings (SSSR count). The molecule has 0 bridgehead atoms. The molecule has 0 aliphatic rings. The van der Waals surface area contributed by atoms with E-state index in [-0.39, 0.29) is 0 Å². The van der Waals surface area contributed by atoms with Gasteiger partial charge in [-0.3, -0.25) is 0 Å². The van der Waals surface area contributed by atoms with Crippen molar-refractivity contribution >= 4 is 5.69 Å². The maximum Gasteiger partial charge on any atom is 0.0340 e. The molecular weight excluding hydrogens is 222 g/mol. The number of anilines is 1. The highest BCUT2D eigenvalue weighted by molar-refractivity contribution is 5.44. The van der Waals surface area contributed by atoms with Crippen molar-refractivity contribution < 1.29 is 0 Å². The zero-order valence-corrected chi connectivity index (χ0v) is 11.1. The number of likely N-dealkylation sites (N-methyl/N-ethyl adjacent to an activating group) is 1. The Kier molecular flexibility index (Phi) is 4.42. The van der Waals surface area contributed by atoms with Gasteiger partial charge in [-0.25, -0.2) is 0 Å². The zero-order chi connectivity index (χ0) is 12.8. The normalized spacial score (nSPS) is 10.8. The molecule has 0 radical (unpaired) electrons. The third-order valence-corrected chi connectivity index (χ3v) is 3.09. The maximum absolute atomic E-state index is 3.24. The average Bonchev–Trinajstić information content (AvgIpc) is 2.90. The van der Waals surface area contributed by atoms with E-state index >= 15 is 0 Å². The molecule has 0 aliphatic heterocycles. The third-order valence-electron chi connectivity index (χ3n) is 3.09. The molecule has 1 heterocycles. The van der Waals surface area contributed by atoms with E-state index in [9.17, 15) is 0 Å². The first-order chi connectivity index (χ1) is 8.78. The zero-order valence-electron chi connectivity index (χ0n) is 11.1. The molecule has 3 heteroatoms. The fraction of sp³-hybridized carbons (Fsp3) is 0.333. The van der Waals surface area contributed by atoms with E-state index in [1.807, 2.05) is 19.3 Å². The van der Waals surface area contributed by atoms with E-state index in [2.05, 4.69) is 52.6 Å². The number of nitrogens with zero attached hydrogens (tertiary/aromatic N) is 1. The van der Waals surface area contributed by atoms with Gasteiger partial charge in [0.05, 0.1) is 0 Å². The molecule has 0 saturated carbocycles. The minimum atomic E-state index is 0.982. The van der Waals surface area contributed by atoms with Crippen LogP contribution in [0.25, 0.3) is 0 Å². The lowest BCUT2D eigenvalue weighted by Gasteiger charge is -2.16. The molecule has 0 amide bonds. The topological polar surface area (TPSA) is 31.1 Å². The molecule has 1 aromatic carbocycles. The molecule has 2 N–H and O–H groups in total. The highest BCUT2D eigenvalue weighted by atomic mass is 15.1. The molecule has 0 aliphatic carbocycles. The van der Waals surface area contributed by atoms with Crippen molar-refractivity contribution in [1.82, 2.24) is 9.88 Å². The largest absolute Gasteiger partial charge is 0.388 e. The van der Waals surface area contributed by atoms with Crippen LogP contribution in [0.15, 0.2) is 42.6 Å². The van der Waals surface area contributed by atoms with E-state index in [4.69, 9.17) is 0 Å². The van der Waals surface area contributed by atoms with Crippen LogP contribution < -0.4 is 5.32 Å². The van der Waals surface area contributed by atoms with Gasteiger partial charge in [-0.1, -0.05) is 12.1 Å². The van der Waals surface area contributed by atoms with Gasteiger partial charge >= 0.3 is 0 Å².